The highest BCUT2D eigenvalue weighted by Crippen LogP contribution is 2.18. The second-order valence-electron chi connectivity index (χ2n) is 13.2. The molecule has 0 N–H and O–H groups in total. The molecule has 0 spiro atoms. The highest BCUT2D eigenvalue weighted by Gasteiger charge is 2.38. The van der Waals surface area contributed by atoms with Gasteiger partial charge in [0.2, 0.25) is 0 Å². The van der Waals surface area contributed by atoms with Crippen molar-refractivity contribution in [3.63, 3.8) is 0 Å². The lowest BCUT2D eigenvalue weighted by atomic mass is 10.1. The summed E-state index contributed by atoms with van der Waals surface area (Å²) in [6, 6.07) is 0.831. The SMILES string of the molecule is CCCCCCCCCCCCOCC(C[N+](C)(C)CCC[Si](OC)(OC)OC)OCCCCCCCCCCCC. The first-order chi connectivity index (χ1) is 20.4. The van der Waals surface area contributed by atoms with Crippen LogP contribution in [0.3, 0.4) is 0 Å². The smallest absolute Gasteiger partial charge is 0.379 e. The average molecular weight is 619 g/mol. The third-order valence-corrected chi connectivity index (χ3v) is 11.5. The van der Waals surface area contributed by atoms with Crippen LogP contribution in [0, 0.1) is 0 Å². The van der Waals surface area contributed by atoms with Crippen LogP contribution in [0.1, 0.15) is 149 Å². The highest BCUT2D eigenvalue weighted by molar-refractivity contribution is 6.60. The molecule has 1 atom stereocenters. The quantitative estimate of drug-likeness (QED) is 0.0408. The van der Waals surface area contributed by atoms with Crippen molar-refractivity contribution in [1.29, 1.82) is 0 Å². The molecule has 0 saturated carbocycles. The Labute approximate surface area is 264 Å². The standard InChI is InChI=1S/C35H76NO5Si/c1-8-10-12-14-16-18-20-22-24-26-30-40-34-35(41-31-27-25-23-21-19-17-15-13-11-9-2)33-36(3,4)29-28-32-42(37-5,38-6)39-7/h35H,8-34H2,1-7H3/q+1. The van der Waals surface area contributed by atoms with Gasteiger partial charge in [0.15, 0.2) is 0 Å². The largest absolute Gasteiger partial charge is 0.500 e. The number of ether oxygens (including phenoxy) is 2. The zero-order chi connectivity index (χ0) is 31.2. The molecular weight excluding hydrogens is 542 g/mol. The van der Waals surface area contributed by atoms with Crippen molar-refractivity contribution in [2.24, 2.45) is 0 Å². The third-order valence-electron chi connectivity index (χ3n) is 8.67. The van der Waals surface area contributed by atoms with Crippen LogP contribution in [0.25, 0.3) is 0 Å². The number of likely N-dealkylation sites (N-methyl/N-ethyl adjacent to an activating group) is 1. The lowest BCUT2D eigenvalue weighted by Crippen LogP contribution is -2.49. The molecule has 0 bridgehead atoms. The molecule has 0 amide bonds. The maximum absolute atomic E-state index is 6.45. The summed E-state index contributed by atoms with van der Waals surface area (Å²) >= 11 is 0. The Morgan fingerprint density at radius 1 is 0.524 bits per heavy atom. The lowest BCUT2D eigenvalue weighted by molar-refractivity contribution is -0.893. The second-order valence-corrected chi connectivity index (χ2v) is 16.3. The van der Waals surface area contributed by atoms with E-state index in [0.717, 1.165) is 56.1 Å². The van der Waals surface area contributed by atoms with Crippen molar-refractivity contribution < 1.29 is 27.2 Å². The van der Waals surface area contributed by atoms with Gasteiger partial charge in [0.25, 0.3) is 0 Å². The van der Waals surface area contributed by atoms with Crippen LogP contribution in [0.15, 0.2) is 0 Å². The summed E-state index contributed by atoms with van der Waals surface area (Å²) < 4.78 is 30.4. The first kappa shape index (κ1) is 42.0. The van der Waals surface area contributed by atoms with Crippen LogP contribution < -0.4 is 0 Å². The Balaban J connectivity index is 4.38. The van der Waals surface area contributed by atoms with E-state index in [2.05, 4.69) is 27.9 Å². The predicted octanol–water partition coefficient (Wildman–Crippen LogP) is 9.57. The zero-order valence-corrected chi connectivity index (χ0v) is 30.7. The summed E-state index contributed by atoms with van der Waals surface area (Å²) in [5.74, 6) is 0. The molecule has 0 aliphatic carbocycles. The highest BCUT2D eigenvalue weighted by atomic mass is 28.4. The molecule has 1 unspecified atom stereocenters. The van der Waals surface area contributed by atoms with Gasteiger partial charge in [-0.2, -0.15) is 0 Å². The number of hydrogen-bond donors (Lipinski definition) is 0. The van der Waals surface area contributed by atoms with E-state index in [9.17, 15) is 0 Å². The van der Waals surface area contributed by atoms with Gasteiger partial charge in [0.05, 0.1) is 27.2 Å². The average Bonchev–Trinajstić information content (AvgIpc) is 2.98. The number of nitrogens with zero attached hydrogens (tertiary/aromatic N) is 1. The van der Waals surface area contributed by atoms with Crippen LogP contribution in [0.2, 0.25) is 6.04 Å². The molecule has 0 aromatic carbocycles. The van der Waals surface area contributed by atoms with Gasteiger partial charge in [-0.3, -0.25) is 0 Å². The molecule has 0 rings (SSSR count). The molecule has 0 aromatic heterocycles. The summed E-state index contributed by atoms with van der Waals surface area (Å²) in [5.41, 5.74) is 0. The van der Waals surface area contributed by atoms with E-state index in [0.29, 0.717) is 6.61 Å². The molecule has 0 aliphatic heterocycles. The fourth-order valence-corrected chi connectivity index (χ4v) is 7.53. The molecule has 0 aromatic rings. The Morgan fingerprint density at radius 2 is 0.929 bits per heavy atom. The summed E-state index contributed by atoms with van der Waals surface area (Å²) in [6.45, 7) is 8.95. The number of hydrogen-bond acceptors (Lipinski definition) is 5. The van der Waals surface area contributed by atoms with E-state index >= 15 is 0 Å². The van der Waals surface area contributed by atoms with E-state index in [-0.39, 0.29) is 6.10 Å². The van der Waals surface area contributed by atoms with Crippen molar-refractivity contribution in [3.8, 4) is 0 Å². The summed E-state index contributed by atoms with van der Waals surface area (Å²) in [4.78, 5) is 0. The van der Waals surface area contributed by atoms with Crippen LogP contribution >= 0.6 is 0 Å². The minimum atomic E-state index is -2.52. The van der Waals surface area contributed by atoms with Gasteiger partial charge in [-0.25, -0.2) is 0 Å². The van der Waals surface area contributed by atoms with Gasteiger partial charge in [-0.1, -0.05) is 129 Å². The number of quaternary nitrogens is 1. The Bertz CT molecular complexity index is 539. The van der Waals surface area contributed by atoms with Crippen LogP contribution in [0.5, 0.6) is 0 Å². The summed E-state index contributed by atoms with van der Waals surface area (Å²) in [5, 5.41) is 0. The molecule has 254 valence electrons. The fourth-order valence-electron chi connectivity index (χ4n) is 5.82. The molecule has 42 heavy (non-hydrogen) atoms. The van der Waals surface area contributed by atoms with Crippen LogP contribution in [0.4, 0.5) is 0 Å². The minimum absolute atomic E-state index is 0.135. The number of rotatable bonds is 34. The van der Waals surface area contributed by atoms with Gasteiger partial charge in [-0.05, 0) is 12.8 Å². The molecule has 0 heterocycles. The van der Waals surface area contributed by atoms with Gasteiger partial charge >= 0.3 is 8.80 Å². The Morgan fingerprint density at radius 3 is 1.36 bits per heavy atom. The maximum Gasteiger partial charge on any atom is 0.500 e. The van der Waals surface area contributed by atoms with E-state index in [1.54, 1.807) is 21.3 Å². The molecule has 0 radical (unpaired) electrons. The van der Waals surface area contributed by atoms with Gasteiger partial charge < -0.3 is 27.2 Å². The molecule has 6 nitrogen and oxygen atoms in total. The van der Waals surface area contributed by atoms with E-state index in [1.165, 1.54) is 116 Å². The molecular formula is C35H76NO5Si+. The monoisotopic (exact) mass is 619 g/mol. The molecule has 0 fully saturated rings. The zero-order valence-electron chi connectivity index (χ0n) is 29.7. The normalized spacial score (nSPS) is 13.2. The van der Waals surface area contributed by atoms with Crippen molar-refractivity contribution in [2.75, 3.05) is 68.3 Å². The molecule has 0 saturated heterocycles. The minimum Gasteiger partial charge on any atom is -0.379 e. The fraction of sp³-hybridized carbons (Fsp3) is 1.00. The molecule has 0 aliphatic rings. The van der Waals surface area contributed by atoms with Crippen molar-refractivity contribution in [1.82, 2.24) is 0 Å². The van der Waals surface area contributed by atoms with Crippen LogP contribution in [-0.4, -0.2) is 87.7 Å². The van der Waals surface area contributed by atoms with Gasteiger partial charge in [0.1, 0.15) is 12.6 Å². The predicted molar refractivity (Wildman–Crippen MR) is 182 cm³/mol. The Kier molecular flexibility index (Phi) is 29.7. The first-order valence-corrected chi connectivity index (χ1v) is 20.0. The number of unbranched alkanes of at least 4 members (excludes halogenated alkanes) is 18. The van der Waals surface area contributed by atoms with Gasteiger partial charge in [0, 0.05) is 47.0 Å². The maximum atomic E-state index is 6.45. The van der Waals surface area contributed by atoms with E-state index in [1.807, 2.05) is 0 Å². The van der Waals surface area contributed by atoms with Crippen molar-refractivity contribution in [3.05, 3.63) is 0 Å². The summed E-state index contributed by atoms with van der Waals surface area (Å²) in [7, 11) is 7.17. The molecule has 7 heteroatoms. The summed E-state index contributed by atoms with van der Waals surface area (Å²) in [6.07, 6.45) is 28.2. The van der Waals surface area contributed by atoms with E-state index in [4.69, 9.17) is 22.8 Å². The van der Waals surface area contributed by atoms with E-state index < -0.39 is 8.80 Å². The second kappa shape index (κ2) is 29.7. The Hall–Kier alpha value is -0.0231. The van der Waals surface area contributed by atoms with Gasteiger partial charge in [-0.15, -0.1) is 0 Å². The van der Waals surface area contributed by atoms with Crippen LogP contribution in [-0.2, 0) is 22.8 Å². The topological polar surface area (TPSA) is 46.2 Å². The third kappa shape index (κ3) is 25.3. The first-order valence-electron chi connectivity index (χ1n) is 18.0. The van der Waals surface area contributed by atoms with Crippen molar-refractivity contribution in [2.45, 2.75) is 161 Å². The van der Waals surface area contributed by atoms with Crippen molar-refractivity contribution >= 4 is 8.80 Å². The lowest BCUT2D eigenvalue weighted by Gasteiger charge is -2.34.